The van der Waals surface area contributed by atoms with Gasteiger partial charge in [0.25, 0.3) is 0 Å². The van der Waals surface area contributed by atoms with Gasteiger partial charge in [0.2, 0.25) is 0 Å². The molecule has 0 amide bonds. The molecule has 8 aromatic carbocycles. The fraction of sp³-hybridized carbons (Fsp3) is 0. The van der Waals surface area contributed by atoms with E-state index >= 15 is 0 Å². The van der Waals surface area contributed by atoms with E-state index < -0.39 is 0 Å². The number of hydrogen-bond donors (Lipinski definition) is 0. The second-order valence-corrected chi connectivity index (χ2v) is 14.0. The van der Waals surface area contributed by atoms with Crippen LogP contribution < -0.4 is 0 Å². The van der Waals surface area contributed by atoms with Crippen molar-refractivity contribution in [1.29, 1.82) is 0 Å². The van der Waals surface area contributed by atoms with Crippen molar-refractivity contribution in [1.82, 2.24) is 15.0 Å². The zero-order chi connectivity index (χ0) is 37.0. The predicted molar refractivity (Wildman–Crippen MR) is 227 cm³/mol. The van der Waals surface area contributed by atoms with Crippen LogP contribution in [0.5, 0.6) is 0 Å². The lowest BCUT2D eigenvalue weighted by molar-refractivity contribution is 0.669. The molecule has 0 aliphatic heterocycles. The standard InChI is InChI=1S/C51H31N3O2/c1-3-13-32(14-4-1)34-17-11-18-36(29-34)50-52-49(33-15-5-2-6-16-33)53-51(54-50)37-26-28-42-44-23-12-22-43(48(44)56-47(42)31-37)39-20-8-7-19-38(39)35-25-27-41-40-21-9-10-24-45(40)55-46(41)30-35/h1-31H. The highest BCUT2D eigenvalue weighted by molar-refractivity contribution is 6.12. The minimum absolute atomic E-state index is 0.577. The second-order valence-electron chi connectivity index (χ2n) is 14.0. The number of nitrogens with zero attached hydrogens (tertiary/aromatic N) is 3. The van der Waals surface area contributed by atoms with Gasteiger partial charge in [0, 0.05) is 43.8 Å². The number of aromatic nitrogens is 3. The normalized spacial score (nSPS) is 11.6. The Balaban J connectivity index is 1.03. The maximum absolute atomic E-state index is 6.81. The third kappa shape index (κ3) is 5.45. The van der Waals surface area contributed by atoms with E-state index in [1.54, 1.807) is 0 Å². The molecule has 0 spiro atoms. The monoisotopic (exact) mass is 717 g/mol. The summed E-state index contributed by atoms with van der Waals surface area (Å²) in [5.74, 6) is 1.80. The van der Waals surface area contributed by atoms with Gasteiger partial charge in [-0.25, -0.2) is 15.0 Å². The first-order valence-corrected chi connectivity index (χ1v) is 18.7. The molecule has 0 N–H and O–H groups in total. The summed E-state index contributed by atoms with van der Waals surface area (Å²) in [4.78, 5) is 15.1. The fourth-order valence-corrected chi connectivity index (χ4v) is 7.83. The summed E-state index contributed by atoms with van der Waals surface area (Å²) in [5, 5.41) is 4.31. The van der Waals surface area contributed by atoms with Gasteiger partial charge in [-0.05, 0) is 64.2 Å². The van der Waals surface area contributed by atoms with Crippen LogP contribution in [-0.4, -0.2) is 15.0 Å². The molecule has 0 radical (unpaired) electrons. The molecule has 0 aliphatic rings. The summed E-state index contributed by atoms with van der Waals surface area (Å²) >= 11 is 0. The van der Waals surface area contributed by atoms with E-state index in [4.69, 9.17) is 23.8 Å². The topological polar surface area (TPSA) is 65.0 Å². The van der Waals surface area contributed by atoms with Gasteiger partial charge < -0.3 is 8.83 Å². The summed E-state index contributed by atoms with van der Waals surface area (Å²) in [7, 11) is 0. The molecule has 3 heterocycles. The average Bonchev–Trinajstić information content (AvgIpc) is 3.85. The molecule has 0 saturated heterocycles. The van der Waals surface area contributed by atoms with Crippen LogP contribution in [0, 0.1) is 0 Å². The quantitative estimate of drug-likeness (QED) is 0.171. The van der Waals surface area contributed by atoms with E-state index in [2.05, 4.69) is 133 Å². The molecular weight excluding hydrogens is 687 g/mol. The lowest BCUT2D eigenvalue weighted by atomic mass is 9.93. The summed E-state index contributed by atoms with van der Waals surface area (Å²) in [6.07, 6.45) is 0. The van der Waals surface area contributed by atoms with E-state index in [9.17, 15) is 0 Å². The Labute approximate surface area is 322 Å². The van der Waals surface area contributed by atoms with Gasteiger partial charge in [0.15, 0.2) is 17.5 Å². The molecule has 0 unspecified atom stereocenters. The van der Waals surface area contributed by atoms with Gasteiger partial charge in [0.1, 0.15) is 22.3 Å². The largest absolute Gasteiger partial charge is 0.456 e. The van der Waals surface area contributed by atoms with Crippen molar-refractivity contribution in [2.24, 2.45) is 0 Å². The van der Waals surface area contributed by atoms with Gasteiger partial charge in [-0.15, -0.1) is 0 Å². The van der Waals surface area contributed by atoms with Gasteiger partial charge >= 0.3 is 0 Å². The molecule has 0 aliphatic carbocycles. The third-order valence-corrected chi connectivity index (χ3v) is 10.6. The molecule has 11 rings (SSSR count). The van der Waals surface area contributed by atoms with Crippen LogP contribution in [0.3, 0.4) is 0 Å². The molecule has 56 heavy (non-hydrogen) atoms. The fourth-order valence-electron chi connectivity index (χ4n) is 7.83. The van der Waals surface area contributed by atoms with Crippen molar-refractivity contribution >= 4 is 43.9 Å². The molecule has 0 bridgehead atoms. The van der Waals surface area contributed by atoms with E-state index in [0.717, 1.165) is 93.9 Å². The molecule has 11 aromatic rings. The minimum atomic E-state index is 0.577. The molecule has 5 nitrogen and oxygen atoms in total. The zero-order valence-corrected chi connectivity index (χ0v) is 30.1. The van der Waals surface area contributed by atoms with Crippen molar-refractivity contribution in [2.45, 2.75) is 0 Å². The first-order chi connectivity index (χ1) is 27.7. The van der Waals surface area contributed by atoms with Crippen molar-refractivity contribution in [2.75, 3.05) is 0 Å². The number of benzene rings is 8. The van der Waals surface area contributed by atoms with Crippen LogP contribution in [-0.2, 0) is 0 Å². The number of fused-ring (bicyclic) bond motifs is 6. The lowest BCUT2D eigenvalue weighted by Crippen LogP contribution is -2.00. The van der Waals surface area contributed by atoms with Gasteiger partial charge in [-0.1, -0.05) is 152 Å². The SMILES string of the molecule is c1ccc(-c2cccc(-c3nc(-c4ccccc4)nc(-c4ccc5c(c4)oc4c(-c6ccccc6-c6ccc7c(c6)oc6ccccc67)cccc45)n3)c2)cc1. The third-order valence-electron chi connectivity index (χ3n) is 10.6. The Bertz CT molecular complexity index is 3250. The van der Waals surface area contributed by atoms with Crippen molar-refractivity contribution in [3.8, 4) is 67.5 Å². The highest BCUT2D eigenvalue weighted by Gasteiger charge is 2.19. The van der Waals surface area contributed by atoms with Crippen LogP contribution in [0.1, 0.15) is 0 Å². The highest BCUT2D eigenvalue weighted by Crippen LogP contribution is 2.42. The first-order valence-electron chi connectivity index (χ1n) is 18.7. The van der Waals surface area contributed by atoms with Crippen LogP contribution in [0.15, 0.2) is 197 Å². The molecule has 262 valence electrons. The van der Waals surface area contributed by atoms with Crippen LogP contribution in [0.25, 0.3) is 111 Å². The molecule has 0 atom stereocenters. The Kier molecular flexibility index (Phi) is 7.42. The molecule has 0 saturated carbocycles. The summed E-state index contributed by atoms with van der Waals surface area (Å²) in [5.41, 5.74) is 12.6. The number of rotatable bonds is 6. The maximum Gasteiger partial charge on any atom is 0.164 e. The predicted octanol–water partition coefficient (Wildman–Crippen LogP) is 13.7. The van der Waals surface area contributed by atoms with Crippen molar-refractivity contribution in [3.63, 3.8) is 0 Å². The average molecular weight is 718 g/mol. The second kappa shape index (κ2) is 13.0. The number of hydrogen-bond acceptors (Lipinski definition) is 5. The lowest BCUT2D eigenvalue weighted by Gasteiger charge is -2.11. The van der Waals surface area contributed by atoms with Crippen LogP contribution in [0.4, 0.5) is 0 Å². The summed E-state index contributed by atoms with van der Waals surface area (Å²) < 4.78 is 13.1. The molecule has 3 aromatic heterocycles. The highest BCUT2D eigenvalue weighted by atomic mass is 16.3. The Morgan fingerprint density at radius 2 is 0.768 bits per heavy atom. The van der Waals surface area contributed by atoms with Gasteiger partial charge in [0.05, 0.1) is 0 Å². The molecular formula is C51H31N3O2. The van der Waals surface area contributed by atoms with E-state index in [1.165, 1.54) is 0 Å². The minimum Gasteiger partial charge on any atom is -0.456 e. The Morgan fingerprint density at radius 3 is 1.57 bits per heavy atom. The zero-order valence-electron chi connectivity index (χ0n) is 30.1. The van der Waals surface area contributed by atoms with Gasteiger partial charge in [-0.3, -0.25) is 0 Å². The number of para-hydroxylation sites is 2. The summed E-state index contributed by atoms with van der Waals surface area (Å²) in [6.45, 7) is 0. The van der Waals surface area contributed by atoms with Crippen LogP contribution in [0.2, 0.25) is 0 Å². The van der Waals surface area contributed by atoms with E-state index in [0.29, 0.717) is 17.5 Å². The van der Waals surface area contributed by atoms with Crippen molar-refractivity contribution < 1.29 is 8.83 Å². The van der Waals surface area contributed by atoms with Crippen molar-refractivity contribution in [3.05, 3.63) is 188 Å². The first kappa shape index (κ1) is 31.9. The summed E-state index contributed by atoms with van der Waals surface area (Å²) in [6, 6.07) is 64.5. The van der Waals surface area contributed by atoms with Crippen LogP contribution >= 0.6 is 0 Å². The maximum atomic E-state index is 6.81. The van der Waals surface area contributed by atoms with E-state index in [1.807, 2.05) is 54.6 Å². The Hall–Kier alpha value is -7.63. The van der Waals surface area contributed by atoms with Gasteiger partial charge in [-0.2, -0.15) is 0 Å². The smallest absolute Gasteiger partial charge is 0.164 e. The molecule has 0 fully saturated rings. The van der Waals surface area contributed by atoms with E-state index in [-0.39, 0.29) is 0 Å². The molecule has 5 heteroatoms. The Morgan fingerprint density at radius 1 is 0.268 bits per heavy atom. The number of furan rings is 2.